The highest BCUT2D eigenvalue weighted by Crippen LogP contribution is 2.46. The molecule has 1 fully saturated rings. The van der Waals surface area contributed by atoms with Gasteiger partial charge in [0.1, 0.15) is 11.6 Å². The first-order valence-electron chi connectivity index (χ1n) is 12.4. The number of carbonyl (C=O) groups excluding carboxylic acids is 3. The van der Waals surface area contributed by atoms with E-state index in [1.165, 1.54) is 13.8 Å². The molecule has 2 rings (SSSR count). The van der Waals surface area contributed by atoms with Crippen molar-refractivity contribution in [1.82, 2.24) is 15.5 Å². The molecule has 14 heteroatoms. The van der Waals surface area contributed by atoms with Gasteiger partial charge in [0.05, 0.1) is 12.1 Å². The number of benzene rings is 1. The Balaban J connectivity index is 2.00. The maximum Gasteiger partial charge on any atom is 0.509 e. The summed E-state index contributed by atoms with van der Waals surface area (Å²) in [6, 6.07) is 5.45. The van der Waals surface area contributed by atoms with Crippen LogP contribution in [-0.4, -0.2) is 78.3 Å². The Morgan fingerprint density at radius 1 is 1.18 bits per heavy atom. The van der Waals surface area contributed by atoms with Gasteiger partial charge < -0.3 is 30.1 Å². The molecule has 0 aliphatic carbocycles. The van der Waals surface area contributed by atoms with Crippen LogP contribution in [0, 0.1) is 11.3 Å². The fourth-order valence-corrected chi connectivity index (χ4v) is 4.75. The van der Waals surface area contributed by atoms with Gasteiger partial charge in [-0.3, -0.25) is 9.35 Å². The first kappa shape index (κ1) is 32.6. The molecular weight excluding hydrogens is 554 g/mol. The number of amides is 3. The van der Waals surface area contributed by atoms with Crippen molar-refractivity contribution in [1.29, 1.82) is 0 Å². The molecule has 1 heterocycles. The van der Waals surface area contributed by atoms with Gasteiger partial charge in [0, 0.05) is 23.5 Å². The molecule has 1 aliphatic heterocycles. The molecule has 3 amide bonds. The molecule has 1 saturated heterocycles. The van der Waals surface area contributed by atoms with Crippen molar-refractivity contribution in [3.63, 3.8) is 0 Å². The van der Waals surface area contributed by atoms with Crippen molar-refractivity contribution in [3.8, 4) is 0 Å². The van der Waals surface area contributed by atoms with E-state index in [-0.39, 0.29) is 31.5 Å². The number of ether oxygens (including phenoxy) is 2. The van der Waals surface area contributed by atoms with Crippen molar-refractivity contribution in [3.05, 3.63) is 34.9 Å². The summed E-state index contributed by atoms with van der Waals surface area (Å²) in [5, 5.41) is 17.3. The number of piperidine rings is 1. The summed E-state index contributed by atoms with van der Waals surface area (Å²) in [5.41, 5.74) is -2.47. The molecule has 1 aromatic carbocycles. The van der Waals surface area contributed by atoms with E-state index in [0.717, 1.165) is 0 Å². The Morgan fingerprint density at radius 3 is 2.28 bits per heavy atom. The fourth-order valence-electron chi connectivity index (χ4n) is 4.38. The largest absolute Gasteiger partial charge is 0.509 e. The number of urea groups is 1. The van der Waals surface area contributed by atoms with Crippen molar-refractivity contribution in [2.75, 3.05) is 25.6 Å². The van der Waals surface area contributed by atoms with Gasteiger partial charge in [-0.15, -0.1) is 0 Å². The standard InChI is InChI=1S/C25H38ClN3O9S/c1-16(2)19(28-21(31)27-13-24(5,6)38-22(32)37-15-39(34,35)36)20(30)29-12-11-25(33,23(3,4)14-29)17-7-9-18(26)10-8-17/h7-10,16,19,33H,11-15H2,1-6H3,(H2,27,28,31)(H,34,35,36)/t19-,25+/m1/s1. The highest BCUT2D eigenvalue weighted by Gasteiger charge is 2.50. The lowest BCUT2D eigenvalue weighted by Gasteiger charge is -2.51. The highest BCUT2D eigenvalue weighted by molar-refractivity contribution is 7.85. The summed E-state index contributed by atoms with van der Waals surface area (Å²) >= 11 is 6.00. The van der Waals surface area contributed by atoms with Gasteiger partial charge in [0.15, 0.2) is 0 Å². The molecular formula is C25H38ClN3O9S. The number of hydrogen-bond donors (Lipinski definition) is 4. The molecule has 12 nitrogen and oxygen atoms in total. The second kappa shape index (κ2) is 12.3. The highest BCUT2D eigenvalue weighted by atomic mass is 35.5. The lowest BCUT2D eigenvalue weighted by atomic mass is 9.66. The smallest absolute Gasteiger partial charge is 0.426 e. The van der Waals surface area contributed by atoms with E-state index < -0.39 is 50.9 Å². The molecule has 1 aliphatic rings. The van der Waals surface area contributed by atoms with Gasteiger partial charge in [0.2, 0.25) is 11.8 Å². The first-order chi connectivity index (χ1) is 17.8. The minimum Gasteiger partial charge on any atom is -0.426 e. The number of nitrogens with one attached hydrogen (secondary N) is 2. The van der Waals surface area contributed by atoms with E-state index >= 15 is 0 Å². The third kappa shape index (κ3) is 8.95. The Hall–Kier alpha value is -2.61. The summed E-state index contributed by atoms with van der Waals surface area (Å²) in [7, 11) is -4.53. The summed E-state index contributed by atoms with van der Waals surface area (Å²) in [6.07, 6.45) is -1.05. The van der Waals surface area contributed by atoms with Crippen LogP contribution in [0.3, 0.4) is 0 Å². The van der Waals surface area contributed by atoms with E-state index in [1.54, 1.807) is 43.0 Å². The maximum absolute atomic E-state index is 13.5. The van der Waals surface area contributed by atoms with Crippen LogP contribution >= 0.6 is 11.6 Å². The van der Waals surface area contributed by atoms with E-state index in [0.29, 0.717) is 17.0 Å². The zero-order valence-electron chi connectivity index (χ0n) is 23.0. The molecule has 0 radical (unpaired) electrons. The lowest BCUT2D eigenvalue weighted by molar-refractivity contribution is -0.155. The number of rotatable bonds is 9. The van der Waals surface area contributed by atoms with Crippen LogP contribution in [-0.2, 0) is 30.0 Å². The van der Waals surface area contributed by atoms with Crippen molar-refractivity contribution in [2.24, 2.45) is 11.3 Å². The van der Waals surface area contributed by atoms with Crippen LogP contribution in [0.15, 0.2) is 24.3 Å². The number of likely N-dealkylation sites (tertiary alicyclic amines) is 1. The number of aliphatic hydroxyl groups is 1. The number of hydrogen-bond acceptors (Lipinski definition) is 8. The molecule has 4 N–H and O–H groups in total. The van der Waals surface area contributed by atoms with Crippen LogP contribution in [0.5, 0.6) is 0 Å². The fraction of sp³-hybridized carbons (Fsp3) is 0.640. The molecule has 2 atom stereocenters. The van der Waals surface area contributed by atoms with E-state index in [2.05, 4.69) is 15.4 Å². The quantitative estimate of drug-likeness (QED) is 0.249. The Kier molecular flexibility index (Phi) is 10.3. The molecule has 0 aromatic heterocycles. The molecule has 220 valence electrons. The number of halogens is 1. The average molecular weight is 592 g/mol. The van der Waals surface area contributed by atoms with Gasteiger partial charge in [-0.05, 0) is 43.9 Å². The first-order valence-corrected chi connectivity index (χ1v) is 14.4. The predicted molar refractivity (Wildman–Crippen MR) is 144 cm³/mol. The molecule has 0 spiro atoms. The second-order valence-electron chi connectivity index (χ2n) is 11.3. The van der Waals surface area contributed by atoms with Gasteiger partial charge >= 0.3 is 22.3 Å². The van der Waals surface area contributed by atoms with Crippen LogP contribution < -0.4 is 10.6 Å². The normalized spacial score (nSPS) is 20.2. The van der Waals surface area contributed by atoms with Gasteiger partial charge in [-0.2, -0.15) is 8.42 Å². The minimum absolute atomic E-state index is 0.191. The van der Waals surface area contributed by atoms with Crippen molar-refractivity contribution in [2.45, 2.75) is 65.2 Å². The summed E-state index contributed by atoms with van der Waals surface area (Å²) in [6.45, 7) is 10.6. The van der Waals surface area contributed by atoms with Crippen molar-refractivity contribution >= 4 is 39.8 Å². The maximum atomic E-state index is 13.5. The SMILES string of the molecule is CC(C)[C@@H](NC(=O)NCC(C)(C)OC(=O)OCS(=O)(=O)O)C(=O)N1CC[C@](O)(c2ccc(Cl)cc2)C(C)(C)C1. The van der Waals surface area contributed by atoms with Crippen molar-refractivity contribution < 1.29 is 41.9 Å². The zero-order valence-corrected chi connectivity index (χ0v) is 24.6. The van der Waals surface area contributed by atoms with Gasteiger partial charge in [-0.25, -0.2) is 9.59 Å². The van der Waals surface area contributed by atoms with Crippen LogP contribution in [0.1, 0.15) is 53.5 Å². The third-order valence-corrected chi connectivity index (χ3v) is 7.33. The average Bonchev–Trinajstić information content (AvgIpc) is 2.81. The lowest BCUT2D eigenvalue weighted by Crippen LogP contribution is -2.61. The topological polar surface area (TPSA) is 172 Å². The van der Waals surface area contributed by atoms with Gasteiger partial charge in [-0.1, -0.05) is 51.4 Å². The Labute approximate surface area is 234 Å². The van der Waals surface area contributed by atoms with E-state index in [1.807, 2.05) is 13.8 Å². The summed E-state index contributed by atoms with van der Waals surface area (Å²) in [4.78, 5) is 39.4. The van der Waals surface area contributed by atoms with Gasteiger partial charge in [0.25, 0.3) is 0 Å². The zero-order chi connectivity index (χ0) is 29.8. The molecule has 0 bridgehead atoms. The molecule has 39 heavy (non-hydrogen) atoms. The number of nitrogens with zero attached hydrogens (tertiary/aromatic N) is 1. The Bertz CT molecular complexity index is 1160. The summed E-state index contributed by atoms with van der Waals surface area (Å²) < 4.78 is 39.3. The molecule has 0 saturated carbocycles. The number of carbonyl (C=O) groups is 3. The molecule has 1 aromatic rings. The summed E-state index contributed by atoms with van der Waals surface area (Å²) in [5.74, 6) is -1.82. The second-order valence-corrected chi connectivity index (χ2v) is 13.1. The van der Waals surface area contributed by atoms with Crippen LogP contribution in [0.2, 0.25) is 5.02 Å². The third-order valence-electron chi connectivity index (χ3n) is 6.66. The monoisotopic (exact) mass is 591 g/mol. The van der Waals surface area contributed by atoms with Crippen LogP contribution in [0.25, 0.3) is 0 Å². The minimum atomic E-state index is -4.53. The van der Waals surface area contributed by atoms with Crippen LogP contribution in [0.4, 0.5) is 9.59 Å². The van der Waals surface area contributed by atoms with E-state index in [9.17, 15) is 27.9 Å². The predicted octanol–water partition coefficient (Wildman–Crippen LogP) is 2.89. The Morgan fingerprint density at radius 2 is 1.77 bits per heavy atom. The van der Waals surface area contributed by atoms with E-state index in [4.69, 9.17) is 20.9 Å². The molecule has 0 unspecified atom stereocenters.